The number of carbonyl (C=O) groups is 2. The Morgan fingerprint density at radius 1 is 1.28 bits per heavy atom. The zero-order valence-corrected chi connectivity index (χ0v) is 13.9. The first-order valence-electron chi connectivity index (χ1n) is 8.17. The molecule has 1 saturated carbocycles. The molecule has 132 valence electrons. The number of hydrogen-bond donors (Lipinski definition) is 1. The summed E-state index contributed by atoms with van der Waals surface area (Å²) in [6.07, 6.45) is 0.644. The standard InChI is InChI=1S/C18H19NO6/c1-18-13(25-18)8-11-12(15(20)22-2)9-23-16(14(11)18)24-17(21)19-10-6-4-3-5-7-10/h3-7,9,11,13-14,16H,8H2,1-2H3,(H,19,21). The lowest BCUT2D eigenvalue weighted by atomic mass is 9.82. The van der Waals surface area contributed by atoms with Crippen LogP contribution in [0.5, 0.6) is 0 Å². The molecule has 1 aromatic carbocycles. The highest BCUT2D eigenvalue weighted by Crippen LogP contribution is 2.61. The molecule has 5 atom stereocenters. The van der Waals surface area contributed by atoms with E-state index in [-0.39, 0.29) is 17.9 Å². The smallest absolute Gasteiger partial charge is 0.414 e. The van der Waals surface area contributed by atoms with Crippen LogP contribution in [0.1, 0.15) is 13.3 Å². The maximum atomic E-state index is 12.2. The van der Waals surface area contributed by atoms with Crippen LogP contribution in [0.3, 0.4) is 0 Å². The molecule has 1 aromatic rings. The van der Waals surface area contributed by atoms with E-state index < -0.39 is 24.0 Å². The van der Waals surface area contributed by atoms with E-state index in [2.05, 4.69) is 5.32 Å². The fraction of sp³-hybridized carbons (Fsp3) is 0.444. The second-order valence-corrected chi connectivity index (χ2v) is 6.62. The minimum atomic E-state index is -0.820. The third-order valence-electron chi connectivity index (χ3n) is 5.23. The molecule has 1 amide bonds. The Labute approximate surface area is 144 Å². The minimum absolute atomic E-state index is 0.0422. The van der Waals surface area contributed by atoms with Gasteiger partial charge in [0.2, 0.25) is 0 Å². The van der Waals surface area contributed by atoms with Gasteiger partial charge in [0.25, 0.3) is 6.29 Å². The molecule has 3 aliphatic rings. The van der Waals surface area contributed by atoms with E-state index in [4.69, 9.17) is 18.9 Å². The molecule has 0 aromatic heterocycles. The van der Waals surface area contributed by atoms with Gasteiger partial charge >= 0.3 is 12.1 Å². The summed E-state index contributed by atoms with van der Waals surface area (Å²) in [6, 6.07) is 9.01. The van der Waals surface area contributed by atoms with Gasteiger partial charge in [-0.2, -0.15) is 0 Å². The van der Waals surface area contributed by atoms with E-state index in [1.165, 1.54) is 13.4 Å². The lowest BCUT2D eigenvalue weighted by Gasteiger charge is -2.35. The molecular formula is C18H19NO6. The van der Waals surface area contributed by atoms with Crippen LogP contribution in [0, 0.1) is 11.8 Å². The summed E-state index contributed by atoms with van der Waals surface area (Å²) < 4.78 is 21.6. The Kier molecular flexibility index (Phi) is 3.68. The van der Waals surface area contributed by atoms with Crippen LogP contribution in [-0.2, 0) is 23.7 Å². The van der Waals surface area contributed by atoms with Gasteiger partial charge in [0.15, 0.2) is 0 Å². The second-order valence-electron chi connectivity index (χ2n) is 6.62. The summed E-state index contributed by atoms with van der Waals surface area (Å²) in [5.41, 5.74) is 0.646. The number of ether oxygens (including phenoxy) is 4. The fourth-order valence-electron chi connectivity index (χ4n) is 3.91. The second kappa shape index (κ2) is 5.77. The van der Waals surface area contributed by atoms with Gasteiger partial charge in [-0.3, -0.25) is 5.32 Å². The van der Waals surface area contributed by atoms with Gasteiger partial charge in [0, 0.05) is 11.6 Å². The average molecular weight is 345 g/mol. The number of fused-ring (bicyclic) bond motifs is 3. The Balaban J connectivity index is 1.51. The molecule has 5 unspecified atom stereocenters. The SMILES string of the molecule is COC(=O)C1=COC(OC(=O)Nc2ccccc2)C2C1CC1OC12C. The quantitative estimate of drug-likeness (QED) is 0.669. The van der Waals surface area contributed by atoms with Crippen molar-refractivity contribution in [2.24, 2.45) is 11.8 Å². The van der Waals surface area contributed by atoms with E-state index in [0.717, 1.165) is 0 Å². The molecule has 0 radical (unpaired) electrons. The Morgan fingerprint density at radius 2 is 2.04 bits per heavy atom. The number of para-hydroxylation sites is 1. The van der Waals surface area contributed by atoms with Crippen LogP contribution in [0.15, 0.2) is 42.2 Å². The van der Waals surface area contributed by atoms with E-state index >= 15 is 0 Å². The number of rotatable bonds is 3. The number of benzene rings is 1. The summed E-state index contributed by atoms with van der Waals surface area (Å²) >= 11 is 0. The molecule has 1 saturated heterocycles. The van der Waals surface area contributed by atoms with Gasteiger partial charge in [-0.25, -0.2) is 9.59 Å². The van der Waals surface area contributed by atoms with Crippen molar-refractivity contribution < 1.29 is 28.5 Å². The zero-order chi connectivity index (χ0) is 17.6. The van der Waals surface area contributed by atoms with Crippen LogP contribution in [-0.4, -0.2) is 37.2 Å². The van der Waals surface area contributed by atoms with Gasteiger partial charge in [-0.15, -0.1) is 0 Å². The van der Waals surface area contributed by atoms with Crippen molar-refractivity contribution in [3.05, 3.63) is 42.2 Å². The van der Waals surface area contributed by atoms with Crippen molar-refractivity contribution in [3.8, 4) is 0 Å². The maximum Gasteiger partial charge on any atom is 0.414 e. The molecule has 1 N–H and O–H groups in total. The number of amides is 1. The maximum absolute atomic E-state index is 12.2. The van der Waals surface area contributed by atoms with Gasteiger partial charge in [0.05, 0.1) is 31.0 Å². The predicted molar refractivity (Wildman–Crippen MR) is 86.4 cm³/mol. The van der Waals surface area contributed by atoms with Crippen LogP contribution in [0.2, 0.25) is 0 Å². The molecule has 0 spiro atoms. The number of methoxy groups -OCH3 is 1. The number of anilines is 1. The van der Waals surface area contributed by atoms with Crippen molar-refractivity contribution in [2.45, 2.75) is 31.3 Å². The third-order valence-corrected chi connectivity index (χ3v) is 5.23. The first kappa shape index (κ1) is 16.0. The van der Waals surface area contributed by atoms with Gasteiger partial charge in [-0.1, -0.05) is 18.2 Å². The Bertz CT molecular complexity index is 732. The molecule has 1 aliphatic carbocycles. The predicted octanol–water partition coefficient (Wildman–Crippen LogP) is 2.44. The lowest BCUT2D eigenvalue weighted by molar-refractivity contribution is -0.149. The van der Waals surface area contributed by atoms with E-state index in [0.29, 0.717) is 17.7 Å². The van der Waals surface area contributed by atoms with E-state index in [9.17, 15) is 9.59 Å². The molecule has 0 bridgehead atoms. The lowest BCUT2D eigenvalue weighted by Crippen LogP contribution is -2.43. The molecule has 2 aliphatic heterocycles. The number of carbonyl (C=O) groups excluding carboxylic acids is 2. The molecular weight excluding hydrogens is 326 g/mol. The van der Waals surface area contributed by atoms with Crippen molar-refractivity contribution in [1.82, 2.24) is 0 Å². The number of hydrogen-bond acceptors (Lipinski definition) is 6. The van der Waals surface area contributed by atoms with Crippen molar-refractivity contribution in [1.29, 1.82) is 0 Å². The molecule has 2 fully saturated rings. The number of nitrogens with one attached hydrogen (secondary N) is 1. The van der Waals surface area contributed by atoms with Crippen molar-refractivity contribution in [3.63, 3.8) is 0 Å². The minimum Gasteiger partial charge on any atom is -0.466 e. The van der Waals surface area contributed by atoms with Crippen LogP contribution in [0.25, 0.3) is 0 Å². The van der Waals surface area contributed by atoms with Crippen molar-refractivity contribution in [2.75, 3.05) is 12.4 Å². The normalized spacial score (nSPS) is 34.7. The van der Waals surface area contributed by atoms with Crippen molar-refractivity contribution >= 4 is 17.7 Å². The van der Waals surface area contributed by atoms with Gasteiger partial charge in [0.1, 0.15) is 5.60 Å². The first-order chi connectivity index (χ1) is 12.0. The van der Waals surface area contributed by atoms with Crippen LogP contribution >= 0.6 is 0 Å². The highest BCUT2D eigenvalue weighted by Gasteiger charge is 2.71. The summed E-state index contributed by atoms with van der Waals surface area (Å²) in [7, 11) is 1.34. The zero-order valence-electron chi connectivity index (χ0n) is 13.9. The summed E-state index contributed by atoms with van der Waals surface area (Å²) in [5.74, 6) is -0.787. The first-order valence-corrected chi connectivity index (χ1v) is 8.17. The van der Waals surface area contributed by atoms with E-state index in [1.807, 2.05) is 25.1 Å². The molecule has 7 heteroatoms. The number of esters is 1. The van der Waals surface area contributed by atoms with Crippen LogP contribution in [0.4, 0.5) is 10.5 Å². The highest BCUT2D eigenvalue weighted by atomic mass is 16.7. The fourth-order valence-corrected chi connectivity index (χ4v) is 3.91. The Hall–Kier alpha value is -2.54. The third kappa shape index (κ3) is 2.64. The highest BCUT2D eigenvalue weighted by molar-refractivity contribution is 5.89. The molecule has 2 heterocycles. The molecule has 25 heavy (non-hydrogen) atoms. The monoisotopic (exact) mass is 345 g/mol. The Morgan fingerprint density at radius 3 is 2.76 bits per heavy atom. The largest absolute Gasteiger partial charge is 0.466 e. The van der Waals surface area contributed by atoms with Gasteiger partial charge < -0.3 is 18.9 Å². The summed E-state index contributed by atoms with van der Waals surface area (Å²) in [5, 5.41) is 2.66. The average Bonchev–Trinajstić information content (AvgIpc) is 3.16. The topological polar surface area (TPSA) is 86.4 Å². The van der Waals surface area contributed by atoms with E-state index in [1.54, 1.807) is 12.1 Å². The summed E-state index contributed by atoms with van der Waals surface area (Å²) in [4.78, 5) is 24.2. The molecule has 4 rings (SSSR count). The molecule has 7 nitrogen and oxygen atoms in total. The van der Waals surface area contributed by atoms with Crippen LogP contribution < -0.4 is 5.32 Å². The number of epoxide rings is 1. The van der Waals surface area contributed by atoms with Gasteiger partial charge in [-0.05, 0) is 25.5 Å². The summed E-state index contributed by atoms with van der Waals surface area (Å²) in [6.45, 7) is 1.96.